The van der Waals surface area contributed by atoms with Crippen LogP contribution in [0.2, 0.25) is 0 Å². The quantitative estimate of drug-likeness (QED) is 0.858. The van der Waals surface area contributed by atoms with E-state index in [1.54, 1.807) is 12.3 Å². The van der Waals surface area contributed by atoms with Gasteiger partial charge in [0.1, 0.15) is 4.60 Å². The fourth-order valence-corrected chi connectivity index (χ4v) is 1.24. The smallest absolute Gasteiger partial charge is 0.227 e. The van der Waals surface area contributed by atoms with E-state index in [1.807, 2.05) is 26.8 Å². The van der Waals surface area contributed by atoms with Gasteiger partial charge in [-0.05, 0) is 34.0 Å². The first-order valence-corrected chi connectivity index (χ1v) is 5.72. The summed E-state index contributed by atoms with van der Waals surface area (Å²) in [5.74, 6) is 0.385. The number of amides is 1. The summed E-state index contributed by atoms with van der Waals surface area (Å²) in [4.78, 5) is 15.7. The van der Waals surface area contributed by atoms with Crippen molar-refractivity contribution in [2.45, 2.75) is 20.8 Å². The van der Waals surface area contributed by atoms with Crippen LogP contribution >= 0.6 is 15.9 Å². The molecule has 15 heavy (non-hydrogen) atoms. The van der Waals surface area contributed by atoms with Crippen molar-refractivity contribution in [3.05, 3.63) is 22.9 Å². The highest BCUT2D eigenvalue weighted by molar-refractivity contribution is 9.10. The Bertz CT molecular complexity index is 335. The van der Waals surface area contributed by atoms with Gasteiger partial charge in [-0.3, -0.25) is 4.79 Å². The predicted molar refractivity (Wildman–Crippen MR) is 64.6 cm³/mol. The zero-order chi connectivity index (χ0) is 11.4. The lowest BCUT2D eigenvalue weighted by molar-refractivity contribution is -0.120. The van der Waals surface area contributed by atoms with E-state index in [4.69, 9.17) is 0 Å². The standard InChI is InChI=1S/C11H15BrN2O/c1-7(2)8(3)11(15)14-9-4-5-10(12)13-6-9/h4-8H,1-3H3,(H,14,15). The Kier molecular flexibility index (Phi) is 4.27. The number of halogens is 1. The van der Waals surface area contributed by atoms with Gasteiger partial charge in [0.2, 0.25) is 5.91 Å². The van der Waals surface area contributed by atoms with E-state index in [2.05, 4.69) is 26.2 Å². The SMILES string of the molecule is CC(C)C(C)C(=O)Nc1ccc(Br)nc1. The number of carbonyl (C=O) groups is 1. The van der Waals surface area contributed by atoms with Crippen molar-refractivity contribution in [1.29, 1.82) is 0 Å². The van der Waals surface area contributed by atoms with Crippen molar-refractivity contribution < 1.29 is 4.79 Å². The van der Waals surface area contributed by atoms with Gasteiger partial charge in [-0.15, -0.1) is 0 Å². The molecule has 1 aromatic heterocycles. The van der Waals surface area contributed by atoms with E-state index in [0.717, 1.165) is 10.3 Å². The molecule has 0 spiro atoms. The summed E-state index contributed by atoms with van der Waals surface area (Å²) in [5.41, 5.74) is 0.732. The average Bonchev–Trinajstić information content (AvgIpc) is 2.20. The Morgan fingerprint density at radius 2 is 2.07 bits per heavy atom. The van der Waals surface area contributed by atoms with Crippen LogP contribution in [-0.2, 0) is 4.79 Å². The summed E-state index contributed by atoms with van der Waals surface area (Å²) in [5, 5.41) is 2.83. The molecule has 0 radical (unpaired) electrons. The topological polar surface area (TPSA) is 42.0 Å². The summed E-state index contributed by atoms with van der Waals surface area (Å²) >= 11 is 3.24. The second kappa shape index (κ2) is 5.26. The maximum atomic E-state index is 11.7. The molecule has 0 bridgehead atoms. The molecule has 0 saturated heterocycles. The third kappa shape index (κ3) is 3.63. The number of nitrogens with zero attached hydrogens (tertiary/aromatic N) is 1. The van der Waals surface area contributed by atoms with E-state index in [9.17, 15) is 4.79 Å². The zero-order valence-electron chi connectivity index (χ0n) is 9.12. The van der Waals surface area contributed by atoms with Gasteiger partial charge in [-0.2, -0.15) is 0 Å². The second-order valence-electron chi connectivity index (χ2n) is 3.89. The van der Waals surface area contributed by atoms with Gasteiger partial charge in [0.15, 0.2) is 0 Å². The fraction of sp³-hybridized carbons (Fsp3) is 0.455. The number of hydrogen-bond donors (Lipinski definition) is 1. The molecule has 1 N–H and O–H groups in total. The molecule has 1 atom stereocenters. The van der Waals surface area contributed by atoms with Crippen molar-refractivity contribution in [1.82, 2.24) is 4.98 Å². The minimum Gasteiger partial charge on any atom is -0.324 e. The summed E-state index contributed by atoms with van der Waals surface area (Å²) < 4.78 is 0.761. The van der Waals surface area contributed by atoms with Crippen LogP contribution in [0.25, 0.3) is 0 Å². The van der Waals surface area contributed by atoms with Crippen molar-refractivity contribution in [2.24, 2.45) is 11.8 Å². The molecule has 1 aromatic rings. The van der Waals surface area contributed by atoms with E-state index in [1.165, 1.54) is 0 Å². The number of pyridine rings is 1. The Balaban J connectivity index is 2.62. The fourth-order valence-electron chi connectivity index (χ4n) is 1.01. The molecule has 4 heteroatoms. The normalized spacial score (nSPS) is 12.6. The monoisotopic (exact) mass is 270 g/mol. The van der Waals surface area contributed by atoms with Crippen LogP contribution in [0.3, 0.4) is 0 Å². The molecule has 3 nitrogen and oxygen atoms in total. The zero-order valence-corrected chi connectivity index (χ0v) is 10.7. The minimum absolute atomic E-state index is 0.00801. The Hall–Kier alpha value is -0.900. The third-order valence-electron chi connectivity index (χ3n) is 2.41. The lowest BCUT2D eigenvalue weighted by Crippen LogP contribution is -2.24. The molecular weight excluding hydrogens is 256 g/mol. The maximum Gasteiger partial charge on any atom is 0.227 e. The van der Waals surface area contributed by atoms with Gasteiger partial charge in [0, 0.05) is 5.92 Å². The molecule has 1 heterocycles. The van der Waals surface area contributed by atoms with Crippen LogP contribution in [0, 0.1) is 11.8 Å². The van der Waals surface area contributed by atoms with Gasteiger partial charge in [0.25, 0.3) is 0 Å². The van der Waals surface area contributed by atoms with Gasteiger partial charge < -0.3 is 5.32 Å². The molecule has 0 fully saturated rings. The van der Waals surface area contributed by atoms with E-state index >= 15 is 0 Å². The largest absolute Gasteiger partial charge is 0.324 e. The van der Waals surface area contributed by atoms with Crippen LogP contribution < -0.4 is 5.32 Å². The molecule has 0 aliphatic carbocycles. The Morgan fingerprint density at radius 3 is 2.53 bits per heavy atom. The average molecular weight is 271 g/mol. The van der Waals surface area contributed by atoms with E-state index < -0.39 is 0 Å². The number of rotatable bonds is 3. The number of aromatic nitrogens is 1. The number of anilines is 1. The van der Waals surface area contributed by atoms with Gasteiger partial charge in [0.05, 0.1) is 11.9 Å². The summed E-state index contributed by atoms with van der Waals surface area (Å²) in [7, 11) is 0. The Morgan fingerprint density at radius 1 is 1.40 bits per heavy atom. The molecule has 82 valence electrons. The lowest BCUT2D eigenvalue weighted by Gasteiger charge is -2.14. The molecular formula is C11H15BrN2O. The van der Waals surface area contributed by atoms with Crippen molar-refractivity contribution in [3.8, 4) is 0 Å². The first-order valence-electron chi connectivity index (χ1n) is 4.93. The van der Waals surface area contributed by atoms with E-state index in [-0.39, 0.29) is 11.8 Å². The Labute approximate surface area is 98.4 Å². The molecule has 0 saturated carbocycles. The first kappa shape index (κ1) is 12.2. The molecule has 0 aliphatic rings. The van der Waals surface area contributed by atoms with Gasteiger partial charge >= 0.3 is 0 Å². The van der Waals surface area contributed by atoms with Crippen molar-refractivity contribution in [2.75, 3.05) is 5.32 Å². The highest BCUT2D eigenvalue weighted by Crippen LogP contribution is 2.14. The number of carbonyl (C=O) groups excluding carboxylic acids is 1. The van der Waals surface area contributed by atoms with Gasteiger partial charge in [-0.1, -0.05) is 20.8 Å². The number of nitrogens with one attached hydrogen (secondary N) is 1. The highest BCUT2D eigenvalue weighted by Gasteiger charge is 2.16. The summed E-state index contributed by atoms with van der Waals surface area (Å²) in [6, 6.07) is 3.62. The first-order chi connectivity index (χ1) is 7.00. The molecule has 1 unspecified atom stereocenters. The minimum atomic E-state index is 0.00801. The summed E-state index contributed by atoms with van der Waals surface area (Å²) in [6.45, 7) is 5.99. The van der Waals surface area contributed by atoms with Crippen molar-refractivity contribution in [3.63, 3.8) is 0 Å². The van der Waals surface area contributed by atoms with E-state index in [0.29, 0.717) is 5.92 Å². The maximum absolute atomic E-state index is 11.7. The van der Waals surface area contributed by atoms with Crippen LogP contribution in [0.5, 0.6) is 0 Å². The predicted octanol–water partition coefficient (Wildman–Crippen LogP) is 3.07. The second-order valence-corrected chi connectivity index (χ2v) is 4.70. The van der Waals surface area contributed by atoms with Crippen LogP contribution in [0.15, 0.2) is 22.9 Å². The highest BCUT2D eigenvalue weighted by atomic mass is 79.9. The summed E-state index contributed by atoms with van der Waals surface area (Å²) in [6.07, 6.45) is 1.63. The van der Waals surface area contributed by atoms with Crippen LogP contribution in [0.4, 0.5) is 5.69 Å². The van der Waals surface area contributed by atoms with Crippen LogP contribution in [-0.4, -0.2) is 10.9 Å². The molecule has 1 amide bonds. The number of hydrogen-bond acceptors (Lipinski definition) is 2. The van der Waals surface area contributed by atoms with Gasteiger partial charge in [-0.25, -0.2) is 4.98 Å². The lowest BCUT2D eigenvalue weighted by atomic mass is 9.97. The van der Waals surface area contributed by atoms with Crippen LogP contribution in [0.1, 0.15) is 20.8 Å². The molecule has 0 aliphatic heterocycles. The third-order valence-corrected chi connectivity index (χ3v) is 2.88. The van der Waals surface area contributed by atoms with Crippen molar-refractivity contribution >= 4 is 27.5 Å². The molecule has 1 rings (SSSR count). The molecule has 0 aromatic carbocycles.